The Kier molecular flexibility index (Phi) is 13.1. The number of carbonyl (C=O) groups excluding carboxylic acids is 2. The van der Waals surface area contributed by atoms with Gasteiger partial charge in [-0.1, -0.05) is 11.6 Å². The Labute approximate surface area is 400 Å². The first-order chi connectivity index (χ1) is 33.0. The number of ether oxygens (including phenoxy) is 1. The first kappa shape index (κ1) is 45.7. The number of piperidine rings is 1. The summed E-state index contributed by atoms with van der Waals surface area (Å²) in [6.45, 7) is 5.16. The third-order valence-corrected chi connectivity index (χ3v) is 15.6. The Morgan fingerprint density at radius 2 is 1.69 bits per heavy atom. The fourth-order valence-electron chi connectivity index (χ4n) is 11.5. The Morgan fingerprint density at radius 3 is 2.37 bits per heavy atom. The van der Waals surface area contributed by atoms with Gasteiger partial charge in [-0.2, -0.15) is 15.5 Å². The average Bonchev–Trinajstić information content (AvgIpc) is 3.97. The third-order valence-electron chi connectivity index (χ3n) is 15.3. The Bertz CT molecular complexity index is 2690. The number of anilines is 3. The number of aryl methyl sites for hydroxylation is 2. The Hall–Kier alpha value is -6.08. The lowest BCUT2D eigenvalue weighted by atomic mass is 9.74. The molecule has 10 rings (SSSR count). The molecule has 0 unspecified atom stereocenters. The van der Waals surface area contributed by atoms with Crippen LogP contribution in [-0.4, -0.2) is 84.8 Å². The van der Waals surface area contributed by atoms with E-state index in [1.54, 1.807) is 61.4 Å². The molecule has 2 saturated carbocycles. The number of nitrogens with one attached hydrogen (secondary N) is 1. The van der Waals surface area contributed by atoms with E-state index in [-0.39, 0.29) is 35.6 Å². The molecule has 0 radical (unpaired) electrons. The molecule has 3 aromatic heterocycles. The number of nitriles is 1. The first-order valence-electron chi connectivity index (χ1n) is 24.3. The number of nitrogens with zero attached hydrogens (tertiary/aromatic N) is 10. The van der Waals surface area contributed by atoms with Gasteiger partial charge in [0.2, 0.25) is 5.91 Å². The highest BCUT2D eigenvalue weighted by atomic mass is 35.5. The van der Waals surface area contributed by atoms with Crippen molar-refractivity contribution in [1.82, 2.24) is 40.0 Å². The predicted molar refractivity (Wildman–Crippen MR) is 254 cm³/mol. The highest BCUT2D eigenvalue weighted by Gasteiger charge is 2.37. The maximum atomic E-state index is 14.8. The molecule has 3 aliphatic heterocycles. The molecule has 0 atom stereocenters. The van der Waals surface area contributed by atoms with Crippen molar-refractivity contribution in [2.75, 3.05) is 36.0 Å². The minimum absolute atomic E-state index is 0.0102. The standard InChI is InChI=1S/C51H58ClF2N11O3/c1-31(66)63-23-19-46-43(30-63)50(64-20-3-4-34-24-41(36-28-56-61(2)29-36)42(49(53)54)26-47(34)64)60-65(46)38-10-5-32(6-11-38)33-17-21-62(22-18-33)48-16-15-45(58-59-48)51(67)57-37-8-13-39(14-9-37)68-40-12-7-35(27-55)44(52)25-40/h7,12,15-16,24-26,28-29,32-33,37-39,49H,3-6,8-11,13-14,17-23,30H2,1-2H3,(H,57,67). The summed E-state index contributed by atoms with van der Waals surface area (Å²) in [6, 6.07) is 14.7. The Balaban J connectivity index is 0.744. The van der Waals surface area contributed by atoms with E-state index in [9.17, 15) is 18.4 Å². The molecule has 2 aliphatic carbocycles. The molecule has 1 N–H and O–H groups in total. The lowest BCUT2D eigenvalue weighted by Gasteiger charge is -2.39. The van der Waals surface area contributed by atoms with Crippen LogP contribution in [0.4, 0.5) is 26.1 Å². The van der Waals surface area contributed by atoms with Crippen molar-refractivity contribution in [2.45, 2.75) is 122 Å². The van der Waals surface area contributed by atoms with Crippen LogP contribution in [0.3, 0.4) is 0 Å². The molecule has 0 spiro atoms. The van der Waals surface area contributed by atoms with Gasteiger partial charge in [-0.15, -0.1) is 10.2 Å². The largest absolute Gasteiger partial charge is 0.490 e. The van der Waals surface area contributed by atoms with E-state index in [4.69, 9.17) is 26.7 Å². The van der Waals surface area contributed by atoms with Crippen molar-refractivity contribution in [3.63, 3.8) is 0 Å². The van der Waals surface area contributed by atoms with Crippen LogP contribution in [0, 0.1) is 23.2 Å². The predicted octanol–water partition coefficient (Wildman–Crippen LogP) is 9.29. The second-order valence-corrected chi connectivity index (χ2v) is 19.8. The van der Waals surface area contributed by atoms with Crippen LogP contribution in [0.1, 0.15) is 128 Å². The van der Waals surface area contributed by atoms with E-state index < -0.39 is 6.43 Å². The summed E-state index contributed by atoms with van der Waals surface area (Å²) in [5.74, 6) is 3.28. The molecule has 2 amide bonds. The fourth-order valence-corrected chi connectivity index (χ4v) is 11.8. The molecular weight excluding hydrogens is 888 g/mol. The quantitative estimate of drug-likeness (QED) is 0.144. The molecule has 68 heavy (non-hydrogen) atoms. The van der Waals surface area contributed by atoms with E-state index in [0.717, 1.165) is 119 Å². The van der Waals surface area contributed by atoms with Gasteiger partial charge in [0, 0.05) is 92.9 Å². The second kappa shape index (κ2) is 19.5. The number of hydrogen-bond acceptors (Lipinski definition) is 10. The van der Waals surface area contributed by atoms with E-state index in [1.807, 2.05) is 17.0 Å². The van der Waals surface area contributed by atoms with Gasteiger partial charge in [0.15, 0.2) is 17.3 Å². The molecule has 5 aliphatic rings. The highest BCUT2D eigenvalue weighted by Crippen LogP contribution is 2.46. The number of benzene rings is 2. The smallest absolute Gasteiger partial charge is 0.272 e. The lowest BCUT2D eigenvalue weighted by Crippen LogP contribution is -2.40. The average molecular weight is 947 g/mol. The summed E-state index contributed by atoms with van der Waals surface area (Å²) in [6.07, 6.45) is 12.7. The van der Waals surface area contributed by atoms with Crippen molar-refractivity contribution in [3.8, 4) is 22.9 Å². The highest BCUT2D eigenvalue weighted by molar-refractivity contribution is 6.31. The van der Waals surface area contributed by atoms with Gasteiger partial charge >= 0.3 is 0 Å². The molecule has 1 saturated heterocycles. The van der Waals surface area contributed by atoms with Crippen LogP contribution in [0.5, 0.6) is 5.75 Å². The second-order valence-electron chi connectivity index (χ2n) is 19.4. The zero-order chi connectivity index (χ0) is 47.1. The van der Waals surface area contributed by atoms with Crippen LogP contribution in [0.2, 0.25) is 5.02 Å². The van der Waals surface area contributed by atoms with Crippen molar-refractivity contribution in [3.05, 3.63) is 93.5 Å². The van der Waals surface area contributed by atoms with Crippen LogP contribution in [0.15, 0.2) is 54.9 Å². The van der Waals surface area contributed by atoms with Gasteiger partial charge < -0.3 is 24.8 Å². The zero-order valence-corrected chi connectivity index (χ0v) is 39.5. The van der Waals surface area contributed by atoms with Crippen LogP contribution in [-0.2, 0) is 31.2 Å². The van der Waals surface area contributed by atoms with Gasteiger partial charge in [-0.05, 0) is 136 Å². The summed E-state index contributed by atoms with van der Waals surface area (Å²) in [7, 11) is 1.79. The zero-order valence-electron chi connectivity index (χ0n) is 38.7. The van der Waals surface area contributed by atoms with E-state index in [1.165, 1.54) is 5.69 Å². The van der Waals surface area contributed by atoms with E-state index in [2.05, 4.69) is 41.2 Å². The van der Waals surface area contributed by atoms with Gasteiger partial charge in [-0.3, -0.25) is 19.0 Å². The number of hydrogen-bond donors (Lipinski definition) is 1. The van der Waals surface area contributed by atoms with Gasteiger partial charge in [0.05, 0.1) is 35.5 Å². The van der Waals surface area contributed by atoms with E-state index in [0.29, 0.717) is 71.0 Å². The summed E-state index contributed by atoms with van der Waals surface area (Å²) < 4.78 is 39.5. The number of rotatable bonds is 10. The molecule has 3 fully saturated rings. The van der Waals surface area contributed by atoms with Crippen LogP contribution in [0.25, 0.3) is 11.1 Å². The molecule has 2 aromatic carbocycles. The number of amides is 2. The number of halogens is 3. The molecular formula is C51H58ClF2N11O3. The van der Waals surface area contributed by atoms with Crippen LogP contribution >= 0.6 is 11.6 Å². The number of fused-ring (bicyclic) bond motifs is 2. The summed E-state index contributed by atoms with van der Waals surface area (Å²) >= 11 is 6.18. The number of alkyl halides is 2. The maximum Gasteiger partial charge on any atom is 0.272 e. The van der Waals surface area contributed by atoms with Gasteiger partial charge in [0.1, 0.15) is 11.8 Å². The van der Waals surface area contributed by atoms with Gasteiger partial charge in [0.25, 0.3) is 12.3 Å². The van der Waals surface area contributed by atoms with Crippen molar-refractivity contribution in [2.24, 2.45) is 18.9 Å². The molecule has 0 bridgehead atoms. The fraction of sp³-hybridized carbons (Fsp3) is 0.510. The Morgan fingerprint density at radius 1 is 0.912 bits per heavy atom. The summed E-state index contributed by atoms with van der Waals surface area (Å²) in [5, 5.41) is 31.1. The molecule has 17 heteroatoms. The molecule has 5 aromatic rings. The SMILES string of the molecule is CC(=O)N1CCc2c(c(N3CCCc4cc(-c5cnn(C)c5)c(C(F)F)cc43)nn2C2CCC(C3CCN(c4ccc(C(=O)NC5CCC(Oc6ccc(C#N)c(Cl)c6)CC5)nn4)CC3)CC2)C1. The molecule has 356 valence electrons. The third kappa shape index (κ3) is 9.38. The van der Waals surface area contributed by atoms with Crippen molar-refractivity contribution < 1.29 is 23.1 Å². The summed E-state index contributed by atoms with van der Waals surface area (Å²) in [5.41, 5.74) is 5.92. The molecule has 6 heterocycles. The topological polar surface area (TPSA) is 150 Å². The normalized spacial score (nSPS) is 22.1. The van der Waals surface area contributed by atoms with Crippen LogP contribution < -0.4 is 19.9 Å². The lowest BCUT2D eigenvalue weighted by molar-refractivity contribution is -0.129. The maximum absolute atomic E-state index is 14.8. The minimum atomic E-state index is -2.66. The van der Waals surface area contributed by atoms with E-state index >= 15 is 0 Å². The summed E-state index contributed by atoms with van der Waals surface area (Å²) in [4.78, 5) is 32.2. The van der Waals surface area contributed by atoms with Crippen molar-refractivity contribution >= 4 is 40.7 Å². The monoisotopic (exact) mass is 945 g/mol. The minimum Gasteiger partial charge on any atom is -0.490 e. The number of carbonyl (C=O) groups is 2. The first-order valence-corrected chi connectivity index (χ1v) is 24.7. The van der Waals surface area contributed by atoms with Gasteiger partial charge in [-0.25, -0.2) is 8.78 Å². The van der Waals surface area contributed by atoms with Crippen molar-refractivity contribution in [1.29, 1.82) is 5.26 Å². The molecule has 14 nitrogen and oxygen atoms in total. The number of aromatic nitrogens is 6.